The topological polar surface area (TPSA) is 116 Å². The number of carboxylic acid groups (broad SMARTS) is 2. The quantitative estimate of drug-likeness (QED) is 0.394. The minimum atomic E-state index is -5.08. The number of aryl methyl sites for hydroxylation is 2. The summed E-state index contributed by atoms with van der Waals surface area (Å²) < 4.78 is 61.9. The van der Waals surface area contributed by atoms with Gasteiger partial charge in [-0.25, -0.2) is 13.6 Å². The normalized spacial score (nSPS) is 24.2. The molecule has 2 aromatic carbocycles. The van der Waals surface area contributed by atoms with Crippen LogP contribution >= 0.6 is 0 Å². The highest BCUT2D eigenvalue weighted by molar-refractivity contribution is 6.09. The van der Waals surface area contributed by atoms with Crippen molar-refractivity contribution in [2.24, 2.45) is 5.41 Å². The van der Waals surface area contributed by atoms with Gasteiger partial charge in [-0.2, -0.15) is 13.2 Å². The van der Waals surface area contributed by atoms with E-state index < -0.39 is 59.1 Å². The summed E-state index contributed by atoms with van der Waals surface area (Å²) in [6.07, 6.45) is -4.65. The van der Waals surface area contributed by atoms with Crippen molar-refractivity contribution in [3.63, 3.8) is 0 Å². The number of carbonyl (C=O) groups is 3. The van der Waals surface area contributed by atoms with Crippen molar-refractivity contribution in [3.8, 4) is 0 Å². The van der Waals surface area contributed by atoms with Gasteiger partial charge < -0.3 is 15.5 Å². The molecule has 1 fully saturated rings. The fourth-order valence-electron chi connectivity index (χ4n) is 5.44. The Bertz CT molecular complexity index is 1320. The molecule has 4 N–H and O–H groups in total. The lowest BCUT2D eigenvalue weighted by Gasteiger charge is -2.37. The first-order valence-electron chi connectivity index (χ1n) is 12.0. The largest absolute Gasteiger partial charge is 0.490 e. The van der Waals surface area contributed by atoms with Crippen molar-refractivity contribution in [2.75, 3.05) is 5.32 Å². The zero-order valence-corrected chi connectivity index (χ0v) is 21.8. The van der Waals surface area contributed by atoms with Crippen LogP contribution in [0.15, 0.2) is 30.3 Å². The van der Waals surface area contributed by atoms with Crippen LogP contribution in [0.5, 0.6) is 0 Å². The minimum absolute atomic E-state index is 0.144. The van der Waals surface area contributed by atoms with Crippen LogP contribution in [0.25, 0.3) is 0 Å². The fraction of sp³-hybridized carbons (Fsp3) is 0.444. The van der Waals surface area contributed by atoms with Crippen LogP contribution in [0.3, 0.4) is 0 Å². The van der Waals surface area contributed by atoms with E-state index in [1.165, 1.54) is 12.1 Å². The van der Waals surface area contributed by atoms with Crippen LogP contribution in [0, 0.1) is 30.9 Å². The highest BCUT2D eigenvalue weighted by atomic mass is 19.4. The predicted octanol–water partition coefficient (Wildman–Crippen LogP) is 5.05. The Balaban J connectivity index is 0.000000532. The minimum Gasteiger partial charge on any atom is -0.480 e. The molecule has 0 aromatic heterocycles. The van der Waals surface area contributed by atoms with Gasteiger partial charge in [0, 0.05) is 17.6 Å². The summed E-state index contributed by atoms with van der Waals surface area (Å²) in [5, 5.41) is 23.2. The van der Waals surface area contributed by atoms with Gasteiger partial charge in [-0.15, -0.1) is 0 Å². The van der Waals surface area contributed by atoms with E-state index in [4.69, 9.17) is 9.90 Å². The molecule has 2 aliphatic heterocycles. The second-order valence-corrected chi connectivity index (χ2v) is 11.0. The molecule has 0 aliphatic carbocycles. The Labute approximate surface area is 221 Å². The fourth-order valence-corrected chi connectivity index (χ4v) is 5.44. The number of benzene rings is 2. The van der Waals surface area contributed by atoms with Gasteiger partial charge in [0.15, 0.2) is 0 Å². The summed E-state index contributed by atoms with van der Waals surface area (Å²) in [6, 6.07) is 5.79. The van der Waals surface area contributed by atoms with Crippen LogP contribution in [0.2, 0.25) is 0 Å². The molecule has 12 heteroatoms. The summed E-state index contributed by atoms with van der Waals surface area (Å²) in [6.45, 7) is 9.17. The van der Waals surface area contributed by atoms with Gasteiger partial charge in [0.05, 0.1) is 0 Å². The smallest absolute Gasteiger partial charge is 0.480 e. The Morgan fingerprint density at radius 3 is 2.13 bits per heavy atom. The molecule has 1 amide bonds. The van der Waals surface area contributed by atoms with Crippen molar-refractivity contribution in [2.45, 2.75) is 70.6 Å². The zero-order chi connectivity index (χ0) is 29.7. The van der Waals surface area contributed by atoms with E-state index in [-0.39, 0.29) is 11.0 Å². The van der Waals surface area contributed by atoms with E-state index >= 15 is 4.39 Å². The molecule has 2 aromatic rings. The Morgan fingerprint density at radius 2 is 1.62 bits per heavy atom. The molecule has 0 saturated carbocycles. The van der Waals surface area contributed by atoms with Gasteiger partial charge in [-0.05, 0) is 60.1 Å². The standard InChI is InChI=1S/C25H28F2N2O3.C2HF3O2/c1-12-7-6-8-14(20(12)27)19-21(22(30)31)29-18(11-24(3,4)5)25(19)15-10-16(26)13(2)9-17(15)28-23(25)32;3-2(4,5)1(6)7/h6-10,18-19,21,29H,11H2,1-5H3,(H,28,32)(H,30,31);(H,6,7)/t18?,19?,21-,25-;/m1./s1. The maximum atomic E-state index is 15.4. The van der Waals surface area contributed by atoms with Gasteiger partial charge in [-0.3, -0.25) is 14.9 Å². The lowest BCUT2D eigenvalue weighted by molar-refractivity contribution is -0.192. The molecular weight excluding hydrogens is 527 g/mol. The van der Waals surface area contributed by atoms with Gasteiger partial charge in [0.1, 0.15) is 23.1 Å². The molecule has 39 heavy (non-hydrogen) atoms. The molecule has 212 valence electrons. The molecule has 2 heterocycles. The van der Waals surface area contributed by atoms with Gasteiger partial charge in [-0.1, -0.05) is 39.0 Å². The molecule has 0 bridgehead atoms. The Morgan fingerprint density at radius 1 is 1.03 bits per heavy atom. The number of hydrogen-bond acceptors (Lipinski definition) is 4. The van der Waals surface area contributed by atoms with E-state index in [0.29, 0.717) is 28.8 Å². The van der Waals surface area contributed by atoms with Gasteiger partial charge in [0.2, 0.25) is 5.91 Å². The molecule has 2 unspecified atom stereocenters. The maximum absolute atomic E-state index is 15.4. The average molecular weight is 557 g/mol. The number of rotatable bonds is 3. The highest BCUT2D eigenvalue weighted by Crippen LogP contribution is 2.57. The Hall–Kier alpha value is -3.54. The molecule has 2 aliphatic rings. The van der Waals surface area contributed by atoms with Crippen LogP contribution in [-0.4, -0.2) is 46.3 Å². The number of anilines is 1. The molecule has 0 radical (unpaired) electrons. The molecular formula is C27H29F5N2O5. The van der Waals surface area contributed by atoms with E-state index in [0.717, 1.165) is 0 Å². The third kappa shape index (κ3) is 5.47. The molecule has 4 rings (SSSR count). The lowest BCUT2D eigenvalue weighted by atomic mass is 9.62. The first-order valence-corrected chi connectivity index (χ1v) is 12.0. The number of fused-ring (bicyclic) bond motifs is 2. The van der Waals surface area contributed by atoms with Crippen LogP contribution in [0.1, 0.15) is 55.4 Å². The van der Waals surface area contributed by atoms with E-state index in [2.05, 4.69) is 10.6 Å². The SMILES string of the molecule is Cc1cc2c(cc1F)[C@@]1(C(=O)N2)C(CC(C)(C)C)N[C@@H](C(=O)O)C1c1cccc(C)c1F.O=C(O)C(F)(F)F. The van der Waals surface area contributed by atoms with Crippen molar-refractivity contribution >= 4 is 23.5 Å². The summed E-state index contributed by atoms with van der Waals surface area (Å²) in [5.41, 5.74) is -0.0669. The van der Waals surface area contributed by atoms with E-state index in [1.54, 1.807) is 32.0 Å². The summed E-state index contributed by atoms with van der Waals surface area (Å²) in [4.78, 5) is 35.0. The van der Waals surface area contributed by atoms with Gasteiger partial charge in [0.25, 0.3) is 0 Å². The average Bonchev–Trinajstić information content (AvgIpc) is 3.25. The number of amides is 1. The Kier molecular flexibility index (Phi) is 7.86. The van der Waals surface area contributed by atoms with Crippen molar-refractivity contribution < 1.29 is 46.5 Å². The molecule has 4 atom stereocenters. The number of halogens is 5. The van der Waals surface area contributed by atoms with Crippen LogP contribution < -0.4 is 10.6 Å². The van der Waals surface area contributed by atoms with Crippen molar-refractivity contribution in [1.29, 1.82) is 0 Å². The highest BCUT2D eigenvalue weighted by Gasteiger charge is 2.66. The molecule has 1 spiro atoms. The van der Waals surface area contributed by atoms with Crippen LogP contribution in [-0.2, 0) is 19.8 Å². The first-order chi connectivity index (χ1) is 17.8. The number of carboxylic acids is 2. The van der Waals surface area contributed by atoms with Crippen molar-refractivity contribution in [3.05, 3.63) is 64.2 Å². The van der Waals surface area contributed by atoms with E-state index in [1.807, 2.05) is 20.8 Å². The third-order valence-electron chi connectivity index (χ3n) is 7.00. The zero-order valence-electron chi connectivity index (χ0n) is 21.8. The third-order valence-corrected chi connectivity index (χ3v) is 7.00. The lowest BCUT2D eigenvalue weighted by Crippen LogP contribution is -2.49. The summed E-state index contributed by atoms with van der Waals surface area (Å²) in [7, 11) is 0. The molecule has 1 saturated heterocycles. The number of carbonyl (C=O) groups excluding carboxylic acids is 1. The van der Waals surface area contributed by atoms with E-state index in [9.17, 15) is 32.3 Å². The predicted molar refractivity (Wildman–Crippen MR) is 131 cm³/mol. The number of aliphatic carboxylic acids is 2. The number of hydrogen-bond donors (Lipinski definition) is 4. The van der Waals surface area contributed by atoms with Crippen molar-refractivity contribution in [1.82, 2.24) is 5.32 Å². The van der Waals surface area contributed by atoms with Gasteiger partial charge >= 0.3 is 18.1 Å². The first kappa shape index (κ1) is 30.0. The summed E-state index contributed by atoms with van der Waals surface area (Å²) >= 11 is 0. The summed E-state index contributed by atoms with van der Waals surface area (Å²) in [5.74, 6) is -6.47. The second kappa shape index (κ2) is 10.2. The monoisotopic (exact) mass is 556 g/mol. The number of alkyl halides is 3. The molecule has 7 nitrogen and oxygen atoms in total. The maximum Gasteiger partial charge on any atom is 0.490 e. The van der Waals surface area contributed by atoms with Crippen LogP contribution in [0.4, 0.5) is 27.6 Å². The number of nitrogens with one attached hydrogen (secondary N) is 2. The second-order valence-electron chi connectivity index (χ2n) is 11.0.